The standard InChI is InChI=1S/C17H23FN2O/c18-15-1-2-16(20-11-15)19-3-4-21-17-8-12-5-13(9-17)7-14(6-12)10-17/h1-2,11-14H,3-10H2,(H,19,20). The van der Waals surface area contributed by atoms with Crippen LogP contribution in [0.4, 0.5) is 10.2 Å². The molecule has 3 nitrogen and oxygen atoms in total. The molecule has 4 saturated carbocycles. The van der Waals surface area contributed by atoms with E-state index in [1.54, 1.807) is 6.07 Å². The number of halogens is 1. The number of rotatable bonds is 5. The van der Waals surface area contributed by atoms with E-state index in [-0.39, 0.29) is 11.4 Å². The number of aromatic nitrogens is 1. The lowest BCUT2D eigenvalue weighted by Crippen LogP contribution is -2.52. The van der Waals surface area contributed by atoms with E-state index >= 15 is 0 Å². The van der Waals surface area contributed by atoms with Crippen LogP contribution in [0.1, 0.15) is 38.5 Å². The third-order valence-corrected chi connectivity index (χ3v) is 5.53. The Bertz CT molecular complexity index is 467. The van der Waals surface area contributed by atoms with Crippen LogP contribution < -0.4 is 5.32 Å². The summed E-state index contributed by atoms with van der Waals surface area (Å²) in [5.74, 6) is 3.17. The average Bonchev–Trinajstić information content (AvgIpc) is 2.44. The predicted molar refractivity (Wildman–Crippen MR) is 79.5 cm³/mol. The monoisotopic (exact) mass is 290 g/mol. The van der Waals surface area contributed by atoms with Gasteiger partial charge in [0.2, 0.25) is 0 Å². The Balaban J connectivity index is 1.28. The predicted octanol–water partition coefficient (Wildman–Crippen LogP) is 3.62. The quantitative estimate of drug-likeness (QED) is 0.841. The number of hydrogen-bond donors (Lipinski definition) is 1. The summed E-state index contributed by atoms with van der Waals surface area (Å²) < 4.78 is 19.1. The fourth-order valence-electron chi connectivity index (χ4n) is 5.13. The van der Waals surface area contributed by atoms with Crippen molar-refractivity contribution in [3.05, 3.63) is 24.1 Å². The molecule has 0 aliphatic heterocycles. The summed E-state index contributed by atoms with van der Waals surface area (Å²) in [6.45, 7) is 1.45. The Hall–Kier alpha value is -1.16. The van der Waals surface area contributed by atoms with Crippen LogP contribution in [0.15, 0.2) is 18.3 Å². The van der Waals surface area contributed by atoms with Crippen LogP contribution in [0.3, 0.4) is 0 Å². The molecule has 5 rings (SSSR count). The largest absolute Gasteiger partial charge is 0.373 e. The molecule has 0 aromatic carbocycles. The molecule has 4 bridgehead atoms. The van der Waals surface area contributed by atoms with Crippen molar-refractivity contribution in [2.24, 2.45) is 17.8 Å². The Morgan fingerprint density at radius 1 is 1.14 bits per heavy atom. The molecule has 0 spiro atoms. The van der Waals surface area contributed by atoms with Gasteiger partial charge in [0.25, 0.3) is 0 Å². The summed E-state index contributed by atoms with van der Waals surface area (Å²) in [4.78, 5) is 4.00. The lowest BCUT2D eigenvalue weighted by Gasteiger charge is -2.56. The van der Waals surface area contributed by atoms with Crippen molar-refractivity contribution in [1.29, 1.82) is 0 Å². The average molecular weight is 290 g/mol. The van der Waals surface area contributed by atoms with Gasteiger partial charge in [-0.2, -0.15) is 0 Å². The molecule has 0 radical (unpaired) electrons. The van der Waals surface area contributed by atoms with Crippen molar-refractivity contribution < 1.29 is 9.13 Å². The van der Waals surface area contributed by atoms with Gasteiger partial charge in [0, 0.05) is 6.54 Å². The van der Waals surface area contributed by atoms with E-state index in [2.05, 4.69) is 10.3 Å². The Labute approximate surface area is 125 Å². The minimum absolute atomic E-state index is 0.173. The van der Waals surface area contributed by atoms with Crippen molar-refractivity contribution in [3.63, 3.8) is 0 Å². The van der Waals surface area contributed by atoms with Crippen molar-refractivity contribution in [1.82, 2.24) is 4.98 Å². The molecule has 1 N–H and O–H groups in total. The van der Waals surface area contributed by atoms with E-state index in [4.69, 9.17) is 4.74 Å². The Morgan fingerprint density at radius 3 is 2.38 bits per heavy atom. The zero-order valence-electron chi connectivity index (χ0n) is 12.4. The van der Waals surface area contributed by atoms with Crippen molar-refractivity contribution in [3.8, 4) is 0 Å². The highest BCUT2D eigenvalue weighted by molar-refractivity contribution is 5.33. The van der Waals surface area contributed by atoms with Gasteiger partial charge in [-0.05, 0) is 68.4 Å². The van der Waals surface area contributed by atoms with E-state index in [1.165, 1.54) is 50.8 Å². The Morgan fingerprint density at radius 2 is 1.81 bits per heavy atom. The van der Waals surface area contributed by atoms with Gasteiger partial charge >= 0.3 is 0 Å². The lowest BCUT2D eigenvalue weighted by atomic mass is 9.54. The van der Waals surface area contributed by atoms with Crippen LogP contribution in [-0.4, -0.2) is 23.7 Å². The number of nitrogens with zero attached hydrogens (tertiary/aromatic N) is 1. The van der Waals surface area contributed by atoms with Crippen molar-refractivity contribution in [2.75, 3.05) is 18.5 Å². The Kier molecular flexibility index (Phi) is 3.37. The minimum atomic E-state index is -0.301. The molecule has 4 aliphatic rings. The second-order valence-corrected chi connectivity index (χ2v) is 7.24. The van der Waals surface area contributed by atoms with Gasteiger partial charge in [0.15, 0.2) is 0 Å². The number of hydrogen-bond acceptors (Lipinski definition) is 3. The maximum absolute atomic E-state index is 12.8. The highest BCUT2D eigenvalue weighted by atomic mass is 19.1. The van der Waals surface area contributed by atoms with Gasteiger partial charge in [0.05, 0.1) is 18.4 Å². The van der Waals surface area contributed by atoms with E-state index in [0.717, 1.165) is 24.3 Å². The van der Waals surface area contributed by atoms with Gasteiger partial charge in [-0.15, -0.1) is 0 Å². The zero-order valence-corrected chi connectivity index (χ0v) is 12.4. The van der Waals surface area contributed by atoms with Crippen LogP contribution in [-0.2, 0) is 4.74 Å². The first-order chi connectivity index (χ1) is 10.2. The number of anilines is 1. The lowest BCUT2D eigenvalue weighted by molar-refractivity contribution is -0.159. The van der Waals surface area contributed by atoms with Crippen LogP contribution in [0.2, 0.25) is 0 Å². The van der Waals surface area contributed by atoms with Crippen molar-refractivity contribution in [2.45, 2.75) is 44.1 Å². The molecule has 1 heterocycles. The van der Waals surface area contributed by atoms with Crippen LogP contribution in [0.25, 0.3) is 0 Å². The van der Waals surface area contributed by atoms with Crippen molar-refractivity contribution >= 4 is 5.82 Å². The maximum Gasteiger partial charge on any atom is 0.141 e. The molecular weight excluding hydrogens is 267 g/mol. The molecule has 4 heteroatoms. The minimum Gasteiger partial charge on any atom is -0.373 e. The summed E-state index contributed by atoms with van der Waals surface area (Å²) in [6, 6.07) is 3.09. The van der Waals surface area contributed by atoms with Crippen LogP contribution in [0, 0.1) is 23.6 Å². The number of ether oxygens (including phenoxy) is 1. The van der Waals surface area contributed by atoms with Crippen LogP contribution in [0.5, 0.6) is 0 Å². The molecule has 0 atom stereocenters. The summed E-state index contributed by atoms with van der Waals surface area (Å²) in [6.07, 6.45) is 9.39. The normalized spacial score (nSPS) is 36.9. The van der Waals surface area contributed by atoms with E-state index in [9.17, 15) is 4.39 Å². The molecule has 114 valence electrons. The first kappa shape index (κ1) is 13.5. The van der Waals surface area contributed by atoms with Gasteiger partial charge < -0.3 is 10.1 Å². The summed E-state index contributed by atoms with van der Waals surface area (Å²) >= 11 is 0. The third-order valence-electron chi connectivity index (χ3n) is 5.53. The highest BCUT2D eigenvalue weighted by Crippen LogP contribution is 2.57. The molecule has 1 aromatic heterocycles. The summed E-state index contributed by atoms with van der Waals surface area (Å²) in [7, 11) is 0. The summed E-state index contributed by atoms with van der Waals surface area (Å²) in [5.41, 5.74) is 0.173. The second-order valence-electron chi connectivity index (χ2n) is 7.24. The second kappa shape index (κ2) is 5.24. The molecule has 1 aromatic rings. The molecular formula is C17H23FN2O. The van der Waals surface area contributed by atoms with E-state index in [0.29, 0.717) is 12.4 Å². The molecule has 21 heavy (non-hydrogen) atoms. The molecule has 0 saturated heterocycles. The molecule has 4 aliphatic carbocycles. The molecule has 4 fully saturated rings. The first-order valence-corrected chi connectivity index (χ1v) is 8.20. The van der Waals surface area contributed by atoms with Gasteiger partial charge in [-0.3, -0.25) is 0 Å². The fraction of sp³-hybridized carbons (Fsp3) is 0.706. The third kappa shape index (κ3) is 2.78. The fourth-order valence-corrected chi connectivity index (χ4v) is 5.13. The van der Waals surface area contributed by atoms with Gasteiger partial charge in [-0.25, -0.2) is 9.37 Å². The van der Waals surface area contributed by atoms with E-state index < -0.39 is 0 Å². The zero-order chi connectivity index (χ0) is 14.3. The highest BCUT2D eigenvalue weighted by Gasteiger charge is 2.51. The number of pyridine rings is 1. The number of nitrogens with one attached hydrogen (secondary N) is 1. The van der Waals surface area contributed by atoms with Gasteiger partial charge in [0.1, 0.15) is 11.6 Å². The SMILES string of the molecule is Fc1ccc(NCCOC23CC4CC(CC(C4)C2)C3)nc1. The van der Waals surface area contributed by atoms with Gasteiger partial charge in [-0.1, -0.05) is 0 Å². The molecule has 0 amide bonds. The van der Waals surface area contributed by atoms with E-state index in [1.807, 2.05) is 0 Å². The summed E-state index contributed by atoms with van der Waals surface area (Å²) in [5, 5.41) is 3.20. The van der Waals surface area contributed by atoms with Crippen LogP contribution >= 0.6 is 0 Å². The smallest absolute Gasteiger partial charge is 0.141 e. The first-order valence-electron chi connectivity index (χ1n) is 8.20. The maximum atomic E-state index is 12.8. The topological polar surface area (TPSA) is 34.1 Å². The molecule has 0 unspecified atom stereocenters.